The van der Waals surface area contributed by atoms with Crippen molar-refractivity contribution < 1.29 is 14.3 Å². The summed E-state index contributed by atoms with van der Waals surface area (Å²) >= 11 is 0. The molecule has 25 heavy (non-hydrogen) atoms. The van der Waals surface area contributed by atoms with E-state index >= 15 is 0 Å². The Morgan fingerprint density at radius 3 is 2.48 bits per heavy atom. The number of ether oxygens (including phenoxy) is 1. The summed E-state index contributed by atoms with van der Waals surface area (Å²) in [6, 6.07) is 7.78. The van der Waals surface area contributed by atoms with Crippen LogP contribution in [0.5, 0.6) is 0 Å². The summed E-state index contributed by atoms with van der Waals surface area (Å²) < 4.78 is 5.31. The second kappa shape index (κ2) is 8.45. The molecule has 6 nitrogen and oxygen atoms in total. The Labute approximate surface area is 149 Å². The highest BCUT2D eigenvalue weighted by molar-refractivity contribution is 5.93. The Bertz CT molecular complexity index is 606. The maximum atomic E-state index is 12.5. The molecule has 0 unspecified atom stereocenters. The van der Waals surface area contributed by atoms with E-state index < -0.39 is 0 Å². The third-order valence-electron chi connectivity index (χ3n) is 5.05. The van der Waals surface area contributed by atoms with E-state index in [0.29, 0.717) is 32.8 Å². The number of piperidine rings is 1. The summed E-state index contributed by atoms with van der Waals surface area (Å²) in [4.78, 5) is 28.8. The van der Waals surface area contributed by atoms with E-state index in [0.717, 1.165) is 37.2 Å². The number of hydrogen-bond acceptors (Lipinski definition) is 4. The monoisotopic (exact) mass is 345 g/mol. The fourth-order valence-electron chi connectivity index (χ4n) is 3.49. The van der Waals surface area contributed by atoms with Gasteiger partial charge in [-0.05, 0) is 44.5 Å². The van der Waals surface area contributed by atoms with Crippen LogP contribution in [0.25, 0.3) is 0 Å². The number of nitrogens with one attached hydrogen (secondary N) is 1. The van der Waals surface area contributed by atoms with Gasteiger partial charge in [0.25, 0.3) is 0 Å². The van der Waals surface area contributed by atoms with Gasteiger partial charge in [-0.1, -0.05) is 18.2 Å². The standard InChI is InChI=1S/C19H27N3O3/c1-15-4-2-3-5-17(15)20-18(23)14-21-8-6-16(7-9-21)19(24)22-10-12-25-13-11-22/h2-5,16H,6-14H2,1H3,(H,20,23). The number of likely N-dealkylation sites (tertiary alicyclic amines) is 1. The van der Waals surface area contributed by atoms with Crippen LogP contribution < -0.4 is 5.32 Å². The number of amides is 2. The molecule has 0 spiro atoms. The van der Waals surface area contributed by atoms with E-state index in [1.165, 1.54) is 0 Å². The Hall–Kier alpha value is -1.92. The van der Waals surface area contributed by atoms with Crippen LogP contribution in [0.3, 0.4) is 0 Å². The number of morpholine rings is 1. The van der Waals surface area contributed by atoms with Gasteiger partial charge in [-0.3, -0.25) is 14.5 Å². The van der Waals surface area contributed by atoms with E-state index in [1.807, 2.05) is 36.1 Å². The van der Waals surface area contributed by atoms with E-state index in [9.17, 15) is 9.59 Å². The molecular formula is C19H27N3O3. The predicted molar refractivity (Wildman–Crippen MR) is 96.4 cm³/mol. The molecular weight excluding hydrogens is 318 g/mol. The highest BCUT2D eigenvalue weighted by atomic mass is 16.5. The van der Waals surface area contributed by atoms with Crippen LogP contribution in [-0.4, -0.2) is 67.6 Å². The molecule has 136 valence electrons. The number of hydrogen-bond donors (Lipinski definition) is 1. The normalized spacial score (nSPS) is 19.6. The molecule has 2 aliphatic rings. The maximum Gasteiger partial charge on any atom is 0.238 e. The van der Waals surface area contributed by atoms with Gasteiger partial charge in [0.2, 0.25) is 11.8 Å². The number of para-hydroxylation sites is 1. The van der Waals surface area contributed by atoms with Gasteiger partial charge in [-0.25, -0.2) is 0 Å². The highest BCUT2D eigenvalue weighted by Gasteiger charge is 2.29. The lowest BCUT2D eigenvalue weighted by Gasteiger charge is -2.35. The van der Waals surface area contributed by atoms with E-state index in [4.69, 9.17) is 4.74 Å². The fraction of sp³-hybridized carbons (Fsp3) is 0.579. The molecule has 6 heteroatoms. The third kappa shape index (κ3) is 4.80. The highest BCUT2D eigenvalue weighted by Crippen LogP contribution is 2.20. The molecule has 2 saturated heterocycles. The lowest BCUT2D eigenvalue weighted by atomic mass is 9.95. The molecule has 2 heterocycles. The van der Waals surface area contributed by atoms with Gasteiger partial charge >= 0.3 is 0 Å². The number of nitrogens with zero attached hydrogens (tertiary/aromatic N) is 2. The summed E-state index contributed by atoms with van der Waals surface area (Å²) in [5.74, 6) is 0.355. The summed E-state index contributed by atoms with van der Waals surface area (Å²) in [5, 5.41) is 2.97. The molecule has 2 fully saturated rings. The summed E-state index contributed by atoms with van der Waals surface area (Å²) in [7, 11) is 0. The molecule has 1 N–H and O–H groups in total. The van der Waals surface area contributed by atoms with E-state index in [-0.39, 0.29) is 17.7 Å². The van der Waals surface area contributed by atoms with Crippen molar-refractivity contribution in [2.45, 2.75) is 19.8 Å². The van der Waals surface area contributed by atoms with Crippen molar-refractivity contribution >= 4 is 17.5 Å². The van der Waals surface area contributed by atoms with Gasteiger partial charge in [0.05, 0.1) is 19.8 Å². The van der Waals surface area contributed by atoms with Gasteiger partial charge in [0, 0.05) is 24.7 Å². The molecule has 1 aromatic carbocycles. The lowest BCUT2D eigenvalue weighted by molar-refractivity contribution is -0.141. The SMILES string of the molecule is Cc1ccccc1NC(=O)CN1CCC(C(=O)N2CCOCC2)CC1. The average molecular weight is 345 g/mol. The first-order valence-electron chi connectivity index (χ1n) is 9.08. The minimum absolute atomic E-state index is 0.00672. The van der Waals surface area contributed by atoms with Crippen LogP contribution >= 0.6 is 0 Å². The molecule has 0 aliphatic carbocycles. The van der Waals surface area contributed by atoms with Crippen LogP contribution in [0.1, 0.15) is 18.4 Å². The zero-order valence-corrected chi connectivity index (χ0v) is 14.9. The van der Waals surface area contributed by atoms with Crippen molar-refractivity contribution in [1.82, 2.24) is 9.80 Å². The van der Waals surface area contributed by atoms with Gasteiger partial charge in [0.15, 0.2) is 0 Å². The van der Waals surface area contributed by atoms with Gasteiger partial charge in [-0.15, -0.1) is 0 Å². The largest absolute Gasteiger partial charge is 0.378 e. The minimum Gasteiger partial charge on any atom is -0.378 e. The molecule has 1 aromatic rings. The van der Waals surface area contributed by atoms with Crippen molar-refractivity contribution in [2.24, 2.45) is 5.92 Å². The van der Waals surface area contributed by atoms with Gasteiger partial charge < -0.3 is 15.0 Å². The number of aryl methyl sites for hydroxylation is 1. The third-order valence-corrected chi connectivity index (χ3v) is 5.05. The fourth-order valence-corrected chi connectivity index (χ4v) is 3.49. The van der Waals surface area contributed by atoms with Crippen LogP contribution in [-0.2, 0) is 14.3 Å². The van der Waals surface area contributed by atoms with Crippen molar-refractivity contribution in [1.29, 1.82) is 0 Å². The Balaban J connectivity index is 1.43. The number of benzene rings is 1. The quantitative estimate of drug-likeness (QED) is 0.898. The van der Waals surface area contributed by atoms with Crippen LogP contribution in [0.2, 0.25) is 0 Å². The second-order valence-corrected chi connectivity index (χ2v) is 6.85. The number of carbonyl (C=O) groups excluding carboxylic acids is 2. The molecule has 3 rings (SSSR count). The van der Waals surface area contributed by atoms with Crippen molar-refractivity contribution in [3.63, 3.8) is 0 Å². The molecule has 0 aromatic heterocycles. The first-order chi connectivity index (χ1) is 12.1. The van der Waals surface area contributed by atoms with Gasteiger partial charge in [0.1, 0.15) is 0 Å². The summed E-state index contributed by atoms with van der Waals surface area (Å²) in [6.45, 7) is 6.65. The lowest BCUT2D eigenvalue weighted by Crippen LogP contribution is -2.47. The number of anilines is 1. The van der Waals surface area contributed by atoms with Crippen LogP contribution in [0.4, 0.5) is 5.69 Å². The summed E-state index contributed by atoms with van der Waals surface area (Å²) in [6.07, 6.45) is 1.65. The first kappa shape index (κ1) is 17.9. The number of carbonyl (C=O) groups is 2. The molecule has 0 saturated carbocycles. The smallest absolute Gasteiger partial charge is 0.238 e. The Morgan fingerprint density at radius 1 is 1.12 bits per heavy atom. The zero-order valence-electron chi connectivity index (χ0n) is 14.9. The molecule has 0 radical (unpaired) electrons. The Morgan fingerprint density at radius 2 is 1.80 bits per heavy atom. The van der Waals surface area contributed by atoms with Crippen molar-refractivity contribution in [2.75, 3.05) is 51.3 Å². The van der Waals surface area contributed by atoms with Crippen molar-refractivity contribution in [3.05, 3.63) is 29.8 Å². The minimum atomic E-state index is 0.00672. The van der Waals surface area contributed by atoms with E-state index in [1.54, 1.807) is 0 Å². The predicted octanol–water partition coefficient (Wildman–Crippen LogP) is 1.50. The molecule has 2 amide bonds. The summed E-state index contributed by atoms with van der Waals surface area (Å²) in [5.41, 5.74) is 1.93. The van der Waals surface area contributed by atoms with E-state index in [2.05, 4.69) is 10.2 Å². The van der Waals surface area contributed by atoms with Crippen LogP contribution in [0, 0.1) is 12.8 Å². The topological polar surface area (TPSA) is 61.9 Å². The average Bonchev–Trinajstić information content (AvgIpc) is 2.64. The Kier molecular flexibility index (Phi) is 6.04. The van der Waals surface area contributed by atoms with Gasteiger partial charge in [-0.2, -0.15) is 0 Å². The molecule has 2 aliphatic heterocycles. The van der Waals surface area contributed by atoms with Crippen molar-refractivity contribution in [3.8, 4) is 0 Å². The second-order valence-electron chi connectivity index (χ2n) is 6.85. The molecule has 0 bridgehead atoms. The molecule has 0 atom stereocenters. The number of rotatable bonds is 4. The van der Waals surface area contributed by atoms with Crippen LogP contribution in [0.15, 0.2) is 24.3 Å². The maximum absolute atomic E-state index is 12.5. The zero-order chi connectivity index (χ0) is 17.6. The first-order valence-corrected chi connectivity index (χ1v) is 9.08.